The van der Waals surface area contributed by atoms with Gasteiger partial charge in [-0.3, -0.25) is 0 Å². The molecule has 1 aliphatic rings. The van der Waals surface area contributed by atoms with Gasteiger partial charge in [0.1, 0.15) is 0 Å². The zero-order valence-corrected chi connectivity index (χ0v) is 7.63. The van der Waals surface area contributed by atoms with Crippen LogP contribution in [0.25, 0.3) is 0 Å². The molecule has 0 aromatic heterocycles. The fourth-order valence-corrected chi connectivity index (χ4v) is 1.56. The molecule has 0 radical (unpaired) electrons. The molecule has 12 heavy (non-hydrogen) atoms. The molecule has 1 atom stereocenters. The van der Waals surface area contributed by atoms with Crippen molar-refractivity contribution in [1.29, 1.82) is 0 Å². The standard InChI is InChI=1S/C8H16F2N2/c1-11-3-4-12(2)7(6-11)5-8(9)10/h7-8H,3-6H2,1-2H3. The van der Waals surface area contributed by atoms with E-state index in [1.165, 1.54) is 0 Å². The molecule has 1 fully saturated rings. The second-order valence-corrected chi connectivity index (χ2v) is 3.52. The van der Waals surface area contributed by atoms with Gasteiger partial charge >= 0.3 is 0 Å². The van der Waals surface area contributed by atoms with Crippen molar-refractivity contribution in [2.75, 3.05) is 33.7 Å². The van der Waals surface area contributed by atoms with Crippen LogP contribution in [0.15, 0.2) is 0 Å². The van der Waals surface area contributed by atoms with Crippen molar-refractivity contribution in [1.82, 2.24) is 9.80 Å². The summed E-state index contributed by atoms with van der Waals surface area (Å²) in [6.45, 7) is 2.64. The van der Waals surface area contributed by atoms with E-state index in [1.54, 1.807) is 0 Å². The van der Waals surface area contributed by atoms with E-state index in [0.717, 1.165) is 19.6 Å². The summed E-state index contributed by atoms with van der Waals surface area (Å²) in [4.78, 5) is 4.12. The van der Waals surface area contributed by atoms with Crippen LogP contribution in [0.2, 0.25) is 0 Å². The Kier molecular flexibility index (Phi) is 3.40. The van der Waals surface area contributed by atoms with Crippen LogP contribution in [-0.4, -0.2) is 56.0 Å². The minimum atomic E-state index is -2.18. The van der Waals surface area contributed by atoms with Crippen LogP contribution in [0.5, 0.6) is 0 Å². The van der Waals surface area contributed by atoms with Crippen LogP contribution in [0, 0.1) is 0 Å². The molecule has 4 heteroatoms. The average molecular weight is 178 g/mol. The second kappa shape index (κ2) is 4.14. The molecule has 0 aromatic carbocycles. The molecule has 1 unspecified atom stereocenters. The molecule has 2 nitrogen and oxygen atoms in total. The van der Waals surface area contributed by atoms with Crippen LogP contribution in [-0.2, 0) is 0 Å². The molecule has 0 saturated carbocycles. The number of alkyl halides is 2. The Morgan fingerprint density at radius 1 is 1.33 bits per heavy atom. The molecule has 1 rings (SSSR count). The SMILES string of the molecule is CN1CCN(C)C(CC(F)F)C1. The van der Waals surface area contributed by atoms with E-state index in [0.29, 0.717) is 0 Å². The van der Waals surface area contributed by atoms with Crippen LogP contribution < -0.4 is 0 Å². The zero-order valence-electron chi connectivity index (χ0n) is 7.63. The highest BCUT2D eigenvalue weighted by Gasteiger charge is 2.24. The minimum absolute atomic E-state index is 0.000833. The summed E-state index contributed by atoms with van der Waals surface area (Å²) in [7, 11) is 3.89. The predicted molar refractivity (Wildman–Crippen MR) is 44.5 cm³/mol. The van der Waals surface area contributed by atoms with Gasteiger partial charge in [0.15, 0.2) is 0 Å². The monoisotopic (exact) mass is 178 g/mol. The van der Waals surface area contributed by atoms with Crippen LogP contribution in [0.1, 0.15) is 6.42 Å². The van der Waals surface area contributed by atoms with Gasteiger partial charge in [-0.2, -0.15) is 0 Å². The average Bonchev–Trinajstić information content (AvgIpc) is 1.96. The topological polar surface area (TPSA) is 6.48 Å². The second-order valence-electron chi connectivity index (χ2n) is 3.52. The third kappa shape index (κ3) is 2.68. The van der Waals surface area contributed by atoms with Crippen molar-refractivity contribution in [3.63, 3.8) is 0 Å². The van der Waals surface area contributed by atoms with E-state index in [2.05, 4.69) is 4.90 Å². The number of rotatable bonds is 2. The third-order valence-corrected chi connectivity index (χ3v) is 2.43. The molecule has 1 aliphatic heterocycles. The lowest BCUT2D eigenvalue weighted by molar-refractivity contribution is 0.0499. The number of hydrogen-bond donors (Lipinski definition) is 0. The van der Waals surface area contributed by atoms with Gasteiger partial charge in [0.2, 0.25) is 6.43 Å². The van der Waals surface area contributed by atoms with E-state index in [9.17, 15) is 8.78 Å². The first-order chi connectivity index (χ1) is 5.59. The van der Waals surface area contributed by atoms with Gasteiger partial charge in [0, 0.05) is 32.1 Å². The highest BCUT2D eigenvalue weighted by molar-refractivity contribution is 4.78. The molecule has 0 aliphatic carbocycles. The third-order valence-electron chi connectivity index (χ3n) is 2.43. The quantitative estimate of drug-likeness (QED) is 0.619. The smallest absolute Gasteiger partial charge is 0.240 e. The summed E-state index contributed by atoms with van der Waals surface area (Å²) in [6.07, 6.45) is -2.18. The van der Waals surface area contributed by atoms with Gasteiger partial charge in [-0.15, -0.1) is 0 Å². The maximum atomic E-state index is 12.1. The van der Waals surface area contributed by atoms with Crippen LogP contribution >= 0.6 is 0 Å². The molecule has 1 heterocycles. The molecule has 72 valence electrons. The number of nitrogens with zero attached hydrogens (tertiary/aromatic N) is 2. The highest BCUT2D eigenvalue weighted by atomic mass is 19.3. The summed E-state index contributed by atoms with van der Waals surface area (Å²) in [6, 6.07) is 0.0312. The molecule has 0 N–H and O–H groups in total. The fraction of sp³-hybridized carbons (Fsp3) is 1.00. The van der Waals surface area contributed by atoms with Gasteiger partial charge in [0.25, 0.3) is 0 Å². The number of piperazine rings is 1. The summed E-state index contributed by atoms with van der Waals surface area (Å²) in [5.74, 6) is 0. The Morgan fingerprint density at radius 2 is 2.00 bits per heavy atom. The van der Waals surface area contributed by atoms with Crippen molar-refractivity contribution >= 4 is 0 Å². The summed E-state index contributed by atoms with van der Waals surface area (Å²) >= 11 is 0. The van der Waals surface area contributed by atoms with E-state index in [-0.39, 0.29) is 12.5 Å². The molecule has 0 amide bonds. The maximum absolute atomic E-state index is 12.1. The van der Waals surface area contributed by atoms with Gasteiger partial charge in [-0.05, 0) is 14.1 Å². The van der Waals surface area contributed by atoms with Crippen molar-refractivity contribution in [2.24, 2.45) is 0 Å². The lowest BCUT2D eigenvalue weighted by Crippen LogP contribution is -2.50. The summed E-state index contributed by atoms with van der Waals surface area (Å²) < 4.78 is 24.1. The van der Waals surface area contributed by atoms with Crippen molar-refractivity contribution in [3.05, 3.63) is 0 Å². The fourth-order valence-electron chi connectivity index (χ4n) is 1.56. The lowest BCUT2D eigenvalue weighted by Gasteiger charge is -2.37. The highest BCUT2D eigenvalue weighted by Crippen LogP contribution is 2.13. The molecule has 1 saturated heterocycles. The Balaban J connectivity index is 2.38. The Labute approximate surface area is 72.1 Å². The maximum Gasteiger partial charge on any atom is 0.240 e. The number of likely N-dealkylation sites (N-methyl/N-ethyl adjacent to an activating group) is 2. The zero-order chi connectivity index (χ0) is 9.14. The lowest BCUT2D eigenvalue weighted by atomic mass is 10.1. The molecule has 0 aromatic rings. The number of hydrogen-bond acceptors (Lipinski definition) is 2. The molecule has 0 bridgehead atoms. The van der Waals surface area contributed by atoms with Crippen molar-refractivity contribution in [2.45, 2.75) is 18.9 Å². The van der Waals surface area contributed by atoms with Crippen molar-refractivity contribution < 1.29 is 8.78 Å². The summed E-state index contributed by atoms with van der Waals surface area (Å²) in [5, 5.41) is 0. The Hall–Kier alpha value is -0.220. The first-order valence-electron chi connectivity index (χ1n) is 4.26. The van der Waals surface area contributed by atoms with Crippen LogP contribution in [0.3, 0.4) is 0 Å². The first kappa shape index (κ1) is 9.86. The molecule has 0 spiro atoms. The Morgan fingerprint density at radius 3 is 2.58 bits per heavy atom. The Bertz CT molecular complexity index is 139. The van der Waals surface area contributed by atoms with E-state index >= 15 is 0 Å². The largest absolute Gasteiger partial charge is 0.304 e. The predicted octanol–water partition coefficient (Wildman–Crippen LogP) is 0.887. The first-order valence-corrected chi connectivity index (χ1v) is 4.26. The minimum Gasteiger partial charge on any atom is -0.304 e. The normalized spacial score (nSPS) is 28.2. The van der Waals surface area contributed by atoms with Gasteiger partial charge in [0.05, 0.1) is 0 Å². The van der Waals surface area contributed by atoms with E-state index in [4.69, 9.17) is 0 Å². The molecular weight excluding hydrogens is 162 g/mol. The molecular formula is C8H16F2N2. The number of halogens is 2. The van der Waals surface area contributed by atoms with Gasteiger partial charge < -0.3 is 9.80 Å². The van der Waals surface area contributed by atoms with E-state index in [1.807, 2.05) is 19.0 Å². The van der Waals surface area contributed by atoms with Gasteiger partial charge in [-0.25, -0.2) is 8.78 Å². The van der Waals surface area contributed by atoms with Crippen LogP contribution in [0.4, 0.5) is 8.78 Å². The van der Waals surface area contributed by atoms with Crippen molar-refractivity contribution in [3.8, 4) is 0 Å². The van der Waals surface area contributed by atoms with Gasteiger partial charge in [-0.1, -0.05) is 0 Å². The van der Waals surface area contributed by atoms with E-state index < -0.39 is 6.43 Å². The summed E-state index contributed by atoms with van der Waals surface area (Å²) in [5.41, 5.74) is 0.